The molecule has 1 aliphatic heterocycles. The minimum absolute atomic E-state index is 0. The van der Waals surface area contributed by atoms with Crippen molar-refractivity contribution >= 4 is 41.5 Å². The third-order valence-corrected chi connectivity index (χ3v) is 4.99. The number of rotatable bonds is 10. The molecule has 1 fully saturated rings. The second-order valence-corrected chi connectivity index (χ2v) is 7.67. The van der Waals surface area contributed by atoms with Crippen LogP contribution in [0, 0.1) is 5.92 Å². The summed E-state index contributed by atoms with van der Waals surface area (Å²) in [6, 6.07) is 10.4. The van der Waals surface area contributed by atoms with Crippen molar-refractivity contribution in [3.05, 3.63) is 30.3 Å². The fraction of sp³-hybridized carbons (Fsp3) is 0.636. The van der Waals surface area contributed by atoms with E-state index >= 15 is 0 Å². The maximum atomic E-state index is 12.5. The number of ether oxygens (including phenoxy) is 1. The number of hydrogen-bond donors (Lipinski definition) is 2. The molecule has 8 heteroatoms. The van der Waals surface area contributed by atoms with Crippen LogP contribution in [-0.2, 0) is 9.53 Å². The highest BCUT2D eigenvalue weighted by molar-refractivity contribution is 14.0. The molecule has 1 aromatic rings. The summed E-state index contributed by atoms with van der Waals surface area (Å²) in [7, 11) is 1.74. The van der Waals surface area contributed by atoms with Gasteiger partial charge in [0.2, 0.25) is 5.91 Å². The normalized spacial score (nSPS) is 14.5. The molecule has 1 aliphatic rings. The molecular weight excluding hydrogens is 493 g/mol. The Hall–Kier alpha value is -1.55. The largest absolute Gasteiger partial charge is 0.380 e. The van der Waals surface area contributed by atoms with Gasteiger partial charge >= 0.3 is 0 Å². The van der Waals surface area contributed by atoms with Crippen LogP contribution in [0.4, 0.5) is 5.69 Å². The maximum Gasteiger partial charge on any atom is 0.224 e. The predicted molar refractivity (Wildman–Crippen MR) is 135 cm³/mol. The van der Waals surface area contributed by atoms with Crippen molar-refractivity contribution in [2.45, 2.75) is 26.7 Å². The van der Waals surface area contributed by atoms with Crippen LogP contribution in [0.3, 0.4) is 0 Å². The molecular formula is C22H38IN5O2. The summed E-state index contributed by atoms with van der Waals surface area (Å²) in [4.78, 5) is 21.0. The molecule has 0 radical (unpaired) electrons. The van der Waals surface area contributed by atoms with E-state index in [0.29, 0.717) is 38.0 Å². The number of carbonyl (C=O) groups is 1. The quantitative estimate of drug-likeness (QED) is 0.210. The van der Waals surface area contributed by atoms with E-state index in [1.165, 1.54) is 5.69 Å². The van der Waals surface area contributed by atoms with Gasteiger partial charge in [-0.25, -0.2) is 0 Å². The Morgan fingerprint density at radius 1 is 1.07 bits per heavy atom. The SMILES string of the molecule is CN=C(NCCOCCC(C)C)NCCC(=O)N1CCN(c2ccccc2)CC1.I. The van der Waals surface area contributed by atoms with Gasteiger partial charge in [-0.05, 0) is 24.5 Å². The molecule has 0 bridgehead atoms. The zero-order valence-corrected chi connectivity index (χ0v) is 20.9. The number of nitrogens with zero attached hydrogens (tertiary/aromatic N) is 3. The van der Waals surface area contributed by atoms with Crippen LogP contribution >= 0.6 is 24.0 Å². The van der Waals surface area contributed by atoms with Crippen molar-refractivity contribution < 1.29 is 9.53 Å². The summed E-state index contributed by atoms with van der Waals surface area (Å²) in [5, 5.41) is 6.43. The average molecular weight is 531 g/mol. The summed E-state index contributed by atoms with van der Waals surface area (Å²) in [5.74, 6) is 1.56. The first kappa shape index (κ1) is 26.5. The molecule has 0 aromatic heterocycles. The van der Waals surface area contributed by atoms with E-state index < -0.39 is 0 Å². The van der Waals surface area contributed by atoms with Gasteiger partial charge in [0.15, 0.2) is 5.96 Å². The van der Waals surface area contributed by atoms with Crippen molar-refractivity contribution in [3.8, 4) is 0 Å². The molecule has 0 unspecified atom stereocenters. The third kappa shape index (κ3) is 9.97. The van der Waals surface area contributed by atoms with Crippen LogP contribution in [0.15, 0.2) is 35.3 Å². The summed E-state index contributed by atoms with van der Waals surface area (Å²) >= 11 is 0. The first-order valence-corrected chi connectivity index (χ1v) is 10.7. The third-order valence-electron chi connectivity index (χ3n) is 4.99. The number of benzene rings is 1. The van der Waals surface area contributed by atoms with E-state index in [1.807, 2.05) is 11.0 Å². The lowest BCUT2D eigenvalue weighted by Gasteiger charge is -2.36. The zero-order valence-electron chi connectivity index (χ0n) is 18.6. The molecule has 2 N–H and O–H groups in total. The van der Waals surface area contributed by atoms with Crippen molar-refractivity contribution in [1.82, 2.24) is 15.5 Å². The van der Waals surface area contributed by atoms with E-state index in [0.717, 1.165) is 39.2 Å². The van der Waals surface area contributed by atoms with Gasteiger partial charge in [-0.3, -0.25) is 9.79 Å². The van der Waals surface area contributed by atoms with Crippen LogP contribution in [-0.4, -0.2) is 76.3 Å². The zero-order chi connectivity index (χ0) is 20.9. The smallest absolute Gasteiger partial charge is 0.224 e. The molecule has 1 amide bonds. The fourth-order valence-electron chi connectivity index (χ4n) is 3.18. The van der Waals surface area contributed by atoms with E-state index in [2.05, 4.69) is 58.6 Å². The van der Waals surface area contributed by atoms with Crippen LogP contribution < -0.4 is 15.5 Å². The Bertz CT molecular complexity index is 619. The Morgan fingerprint density at radius 3 is 2.37 bits per heavy atom. The number of halogens is 1. The lowest BCUT2D eigenvalue weighted by Crippen LogP contribution is -2.49. The molecule has 1 saturated heterocycles. The number of para-hydroxylation sites is 1. The van der Waals surface area contributed by atoms with Gasteiger partial charge in [-0.15, -0.1) is 24.0 Å². The monoisotopic (exact) mass is 531 g/mol. The summed E-state index contributed by atoms with van der Waals surface area (Å²) < 4.78 is 5.59. The minimum Gasteiger partial charge on any atom is -0.380 e. The number of guanidine groups is 1. The molecule has 1 heterocycles. The summed E-state index contributed by atoms with van der Waals surface area (Å²) in [5.41, 5.74) is 1.23. The summed E-state index contributed by atoms with van der Waals surface area (Å²) in [6.07, 6.45) is 1.55. The van der Waals surface area contributed by atoms with E-state index in [4.69, 9.17) is 4.74 Å². The minimum atomic E-state index is 0. The maximum absolute atomic E-state index is 12.5. The molecule has 2 rings (SSSR count). The highest BCUT2D eigenvalue weighted by Crippen LogP contribution is 2.15. The van der Waals surface area contributed by atoms with E-state index in [9.17, 15) is 4.79 Å². The van der Waals surface area contributed by atoms with Gasteiger partial charge < -0.3 is 25.2 Å². The van der Waals surface area contributed by atoms with Crippen LogP contribution in [0.1, 0.15) is 26.7 Å². The first-order valence-electron chi connectivity index (χ1n) is 10.7. The van der Waals surface area contributed by atoms with Crippen molar-refractivity contribution in [2.75, 3.05) is 64.4 Å². The number of piperazine rings is 1. The van der Waals surface area contributed by atoms with Crippen LogP contribution in [0.2, 0.25) is 0 Å². The van der Waals surface area contributed by atoms with Gasteiger partial charge in [0.25, 0.3) is 0 Å². The Morgan fingerprint density at radius 2 is 1.73 bits per heavy atom. The second-order valence-electron chi connectivity index (χ2n) is 7.67. The molecule has 30 heavy (non-hydrogen) atoms. The molecule has 0 spiro atoms. The van der Waals surface area contributed by atoms with Gasteiger partial charge in [0, 0.05) is 65.0 Å². The number of nitrogens with one attached hydrogen (secondary N) is 2. The molecule has 170 valence electrons. The van der Waals surface area contributed by atoms with Crippen LogP contribution in [0.5, 0.6) is 0 Å². The topological polar surface area (TPSA) is 69.2 Å². The van der Waals surface area contributed by atoms with Gasteiger partial charge in [-0.2, -0.15) is 0 Å². The van der Waals surface area contributed by atoms with Gasteiger partial charge in [0.05, 0.1) is 6.61 Å². The van der Waals surface area contributed by atoms with Gasteiger partial charge in [0.1, 0.15) is 0 Å². The lowest BCUT2D eigenvalue weighted by atomic mass is 10.1. The number of carbonyl (C=O) groups excluding carboxylic acids is 1. The van der Waals surface area contributed by atoms with Crippen molar-refractivity contribution in [2.24, 2.45) is 10.9 Å². The predicted octanol–water partition coefficient (Wildman–Crippen LogP) is 2.57. The highest BCUT2D eigenvalue weighted by atomic mass is 127. The van der Waals surface area contributed by atoms with Crippen molar-refractivity contribution in [1.29, 1.82) is 0 Å². The Kier molecular flexibility index (Phi) is 13.5. The van der Waals surface area contributed by atoms with Gasteiger partial charge in [-0.1, -0.05) is 32.0 Å². The molecule has 7 nitrogen and oxygen atoms in total. The number of amides is 1. The molecule has 0 saturated carbocycles. The van der Waals surface area contributed by atoms with E-state index in [-0.39, 0.29) is 29.9 Å². The van der Waals surface area contributed by atoms with E-state index in [1.54, 1.807) is 7.05 Å². The Balaban J connectivity index is 0.00000450. The number of aliphatic imine (C=N–C) groups is 1. The van der Waals surface area contributed by atoms with Crippen molar-refractivity contribution in [3.63, 3.8) is 0 Å². The Labute approximate surface area is 198 Å². The fourth-order valence-corrected chi connectivity index (χ4v) is 3.18. The molecule has 0 aliphatic carbocycles. The highest BCUT2D eigenvalue weighted by Gasteiger charge is 2.20. The molecule has 0 atom stereocenters. The first-order chi connectivity index (χ1) is 14.1. The summed E-state index contributed by atoms with van der Waals surface area (Å²) in [6.45, 7) is 10.4. The molecule has 1 aromatic carbocycles. The second kappa shape index (κ2) is 15.3. The lowest BCUT2D eigenvalue weighted by molar-refractivity contribution is -0.131. The average Bonchev–Trinajstić information content (AvgIpc) is 2.75. The number of hydrogen-bond acceptors (Lipinski definition) is 4. The van der Waals surface area contributed by atoms with Crippen LogP contribution in [0.25, 0.3) is 0 Å². The number of anilines is 1. The standard InChI is InChI=1S/C22H37N5O2.HI/c1-19(2)10-17-29-18-12-25-22(23-3)24-11-9-21(28)27-15-13-26(14-16-27)20-7-5-4-6-8-20;/h4-8,19H,9-18H2,1-3H3,(H2,23,24,25);1H.